The van der Waals surface area contributed by atoms with Gasteiger partial charge in [0.15, 0.2) is 0 Å². The van der Waals surface area contributed by atoms with Crippen molar-refractivity contribution in [2.45, 2.75) is 19.8 Å². The van der Waals surface area contributed by atoms with Crippen molar-refractivity contribution in [3.8, 4) is 0 Å². The smallest absolute Gasteiger partial charge is 0.246 e. The molecule has 1 aliphatic heterocycles. The maximum Gasteiger partial charge on any atom is 0.246 e. The second-order valence-electron chi connectivity index (χ2n) is 4.06. The number of aryl methyl sites for hydroxylation is 2. The number of amides is 2. The van der Waals surface area contributed by atoms with Crippen LogP contribution < -0.4 is 10.2 Å². The molecule has 0 unspecified atom stereocenters. The van der Waals surface area contributed by atoms with Crippen LogP contribution in [0.1, 0.15) is 19.0 Å². The first kappa shape index (κ1) is 11.6. The number of rotatable bonds is 2. The first-order valence-corrected chi connectivity index (χ1v) is 5.71. The SMILES string of the molecule is CCc1nn(C)cc1N1CCC(=O)NCC1=O. The Balaban J connectivity index is 2.30. The van der Waals surface area contributed by atoms with Gasteiger partial charge in [0.05, 0.1) is 17.9 Å². The third-order valence-electron chi connectivity index (χ3n) is 2.81. The summed E-state index contributed by atoms with van der Waals surface area (Å²) in [4.78, 5) is 24.8. The van der Waals surface area contributed by atoms with Gasteiger partial charge in [0.25, 0.3) is 0 Å². The zero-order valence-corrected chi connectivity index (χ0v) is 10.1. The summed E-state index contributed by atoms with van der Waals surface area (Å²) >= 11 is 0. The number of anilines is 1. The molecule has 1 fully saturated rings. The summed E-state index contributed by atoms with van der Waals surface area (Å²) in [6, 6.07) is 0. The minimum absolute atomic E-state index is 0.0664. The second-order valence-corrected chi connectivity index (χ2v) is 4.06. The van der Waals surface area contributed by atoms with Gasteiger partial charge in [-0.2, -0.15) is 5.10 Å². The number of hydrogen-bond acceptors (Lipinski definition) is 3. The van der Waals surface area contributed by atoms with Gasteiger partial charge in [-0.3, -0.25) is 14.3 Å². The van der Waals surface area contributed by atoms with Gasteiger partial charge in [0.1, 0.15) is 0 Å². The molecule has 2 amide bonds. The highest BCUT2D eigenvalue weighted by molar-refractivity contribution is 5.99. The molecule has 1 N–H and O–H groups in total. The van der Waals surface area contributed by atoms with Gasteiger partial charge in [-0.05, 0) is 6.42 Å². The predicted molar refractivity (Wildman–Crippen MR) is 62.6 cm³/mol. The summed E-state index contributed by atoms with van der Waals surface area (Å²) in [5, 5.41) is 6.89. The van der Waals surface area contributed by atoms with E-state index in [9.17, 15) is 9.59 Å². The van der Waals surface area contributed by atoms with Gasteiger partial charge in [-0.1, -0.05) is 6.92 Å². The van der Waals surface area contributed by atoms with Crippen LogP contribution in [0.15, 0.2) is 6.20 Å². The van der Waals surface area contributed by atoms with Crippen molar-refractivity contribution in [2.75, 3.05) is 18.0 Å². The van der Waals surface area contributed by atoms with E-state index in [1.807, 2.05) is 20.2 Å². The largest absolute Gasteiger partial charge is 0.347 e. The zero-order valence-electron chi connectivity index (χ0n) is 10.1. The molecular weight excluding hydrogens is 220 g/mol. The first-order chi connectivity index (χ1) is 8.11. The first-order valence-electron chi connectivity index (χ1n) is 5.71. The fourth-order valence-electron chi connectivity index (χ4n) is 1.95. The van der Waals surface area contributed by atoms with Crippen LogP contribution >= 0.6 is 0 Å². The summed E-state index contributed by atoms with van der Waals surface area (Å²) in [7, 11) is 1.83. The fraction of sp³-hybridized carbons (Fsp3) is 0.545. The van der Waals surface area contributed by atoms with E-state index in [4.69, 9.17) is 0 Å². The Morgan fingerprint density at radius 2 is 2.24 bits per heavy atom. The van der Waals surface area contributed by atoms with Crippen LogP contribution in [0, 0.1) is 0 Å². The molecule has 92 valence electrons. The minimum Gasteiger partial charge on any atom is -0.347 e. The Kier molecular flexibility index (Phi) is 3.12. The maximum absolute atomic E-state index is 11.9. The lowest BCUT2D eigenvalue weighted by molar-refractivity contribution is -0.123. The molecule has 0 saturated carbocycles. The molecule has 0 aliphatic carbocycles. The molecule has 1 aliphatic rings. The van der Waals surface area contributed by atoms with E-state index in [1.165, 1.54) is 0 Å². The van der Waals surface area contributed by atoms with Crippen molar-refractivity contribution in [1.29, 1.82) is 0 Å². The molecular formula is C11H16N4O2. The molecule has 1 saturated heterocycles. The van der Waals surface area contributed by atoms with Crippen molar-refractivity contribution >= 4 is 17.5 Å². The van der Waals surface area contributed by atoms with Crippen molar-refractivity contribution in [1.82, 2.24) is 15.1 Å². The Morgan fingerprint density at radius 3 is 2.94 bits per heavy atom. The molecule has 2 rings (SSSR count). The number of hydrogen-bond donors (Lipinski definition) is 1. The normalized spacial score (nSPS) is 16.9. The lowest BCUT2D eigenvalue weighted by atomic mass is 10.2. The highest BCUT2D eigenvalue weighted by atomic mass is 16.2. The van der Waals surface area contributed by atoms with E-state index >= 15 is 0 Å². The Morgan fingerprint density at radius 1 is 1.47 bits per heavy atom. The molecule has 6 nitrogen and oxygen atoms in total. The van der Waals surface area contributed by atoms with Crippen LogP contribution in [0.3, 0.4) is 0 Å². The average molecular weight is 236 g/mol. The summed E-state index contributed by atoms with van der Waals surface area (Å²) in [5.41, 5.74) is 1.70. The summed E-state index contributed by atoms with van der Waals surface area (Å²) in [5.74, 6) is -0.165. The summed E-state index contributed by atoms with van der Waals surface area (Å²) in [6.07, 6.45) is 2.93. The van der Waals surface area contributed by atoms with Crippen molar-refractivity contribution in [3.05, 3.63) is 11.9 Å². The lowest BCUT2D eigenvalue weighted by Crippen LogP contribution is -2.35. The van der Waals surface area contributed by atoms with E-state index < -0.39 is 0 Å². The van der Waals surface area contributed by atoms with Crippen molar-refractivity contribution in [2.24, 2.45) is 7.05 Å². The monoisotopic (exact) mass is 236 g/mol. The third kappa shape index (κ3) is 2.30. The van der Waals surface area contributed by atoms with Crippen LogP contribution in [0.4, 0.5) is 5.69 Å². The summed E-state index contributed by atoms with van der Waals surface area (Å²) in [6.45, 7) is 2.48. The number of nitrogens with zero attached hydrogens (tertiary/aromatic N) is 3. The maximum atomic E-state index is 11.9. The Bertz CT molecular complexity index is 452. The molecule has 0 atom stereocenters. The van der Waals surface area contributed by atoms with Crippen LogP contribution in [0.25, 0.3) is 0 Å². The van der Waals surface area contributed by atoms with Gasteiger partial charge in [0, 0.05) is 26.2 Å². The molecule has 17 heavy (non-hydrogen) atoms. The minimum atomic E-state index is -0.0847. The summed E-state index contributed by atoms with van der Waals surface area (Å²) < 4.78 is 1.70. The van der Waals surface area contributed by atoms with Gasteiger partial charge in [0.2, 0.25) is 11.8 Å². The number of carbonyl (C=O) groups is 2. The second kappa shape index (κ2) is 4.57. The van der Waals surface area contributed by atoms with Crippen LogP contribution in [-0.2, 0) is 23.1 Å². The van der Waals surface area contributed by atoms with Crippen LogP contribution in [0.2, 0.25) is 0 Å². The number of nitrogens with one attached hydrogen (secondary N) is 1. The Hall–Kier alpha value is -1.85. The van der Waals surface area contributed by atoms with Gasteiger partial charge in [-0.25, -0.2) is 0 Å². The molecule has 6 heteroatoms. The quantitative estimate of drug-likeness (QED) is 0.775. The molecule has 1 aromatic heterocycles. The topological polar surface area (TPSA) is 67.2 Å². The van der Waals surface area contributed by atoms with E-state index in [2.05, 4.69) is 10.4 Å². The van der Waals surface area contributed by atoms with Crippen molar-refractivity contribution in [3.63, 3.8) is 0 Å². The zero-order chi connectivity index (χ0) is 12.4. The van der Waals surface area contributed by atoms with Crippen molar-refractivity contribution < 1.29 is 9.59 Å². The average Bonchev–Trinajstić information content (AvgIpc) is 2.59. The molecule has 0 bridgehead atoms. The Labute approximate surface area is 99.6 Å². The highest BCUT2D eigenvalue weighted by Crippen LogP contribution is 2.20. The fourth-order valence-corrected chi connectivity index (χ4v) is 1.95. The third-order valence-corrected chi connectivity index (χ3v) is 2.81. The van der Waals surface area contributed by atoms with Gasteiger partial charge >= 0.3 is 0 Å². The molecule has 0 radical (unpaired) electrons. The standard InChI is InChI=1S/C11H16N4O2/c1-3-8-9(7-14(2)13-8)15-5-4-10(16)12-6-11(15)17/h7H,3-6H2,1-2H3,(H,12,16). The van der Waals surface area contributed by atoms with E-state index in [1.54, 1.807) is 9.58 Å². The van der Waals surface area contributed by atoms with E-state index in [0.717, 1.165) is 17.8 Å². The molecule has 2 heterocycles. The molecule has 0 aromatic carbocycles. The van der Waals surface area contributed by atoms with Crippen LogP contribution in [0.5, 0.6) is 0 Å². The van der Waals surface area contributed by atoms with Crippen LogP contribution in [-0.4, -0.2) is 34.7 Å². The van der Waals surface area contributed by atoms with Gasteiger partial charge in [-0.15, -0.1) is 0 Å². The van der Waals surface area contributed by atoms with Gasteiger partial charge < -0.3 is 10.2 Å². The molecule has 1 aromatic rings. The number of carbonyl (C=O) groups excluding carboxylic acids is 2. The highest BCUT2D eigenvalue weighted by Gasteiger charge is 2.24. The number of aromatic nitrogens is 2. The van der Waals surface area contributed by atoms with E-state index in [-0.39, 0.29) is 18.4 Å². The predicted octanol–water partition coefficient (Wildman–Crippen LogP) is -0.165. The lowest BCUT2D eigenvalue weighted by Gasteiger charge is -2.18. The van der Waals surface area contributed by atoms with E-state index in [0.29, 0.717) is 13.0 Å². The molecule has 0 spiro atoms.